The van der Waals surface area contributed by atoms with Crippen LogP contribution in [0.3, 0.4) is 0 Å². The highest BCUT2D eigenvalue weighted by Gasteiger charge is 2.31. The molecule has 3 heterocycles. The van der Waals surface area contributed by atoms with Crippen molar-refractivity contribution in [1.82, 2.24) is 20.4 Å². The molecule has 1 aliphatic carbocycles. The van der Waals surface area contributed by atoms with Crippen molar-refractivity contribution < 1.29 is 4.79 Å². The Balaban J connectivity index is 1.39. The van der Waals surface area contributed by atoms with Crippen LogP contribution >= 0.6 is 0 Å². The van der Waals surface area contributed by atoms with Crippen LogP contribution in [-0.4, -0.2) is 67.2 Å². The molecule has 2 bridgehead atoms. The molecular formula is C13H24N4O. The first-order valence-corrected chi connectivity index (χ1v) is 7.32. The lowest BCUT2D eigenvalue weighted by Gasteiger charge is -2.47. The summed E-state index contributed by atoms with van der Waals surface area (Å²) in [6.07, 6.45) is 4.82. The molecule has 102 valence electrons. The Morgan fingerprint density at radius 1 is 1.11 bits per heavy atom. The van der Waals surface area contributed by atoms with Crippen LogP contribution in [0.4, 0.5) is 4.79 Å². The molecule has 4 aliphatic rings. The number of rotatable bonds is 3. The van der Waals surface area contributed by atoms with Gasteiger partial charge in [0.2, 0.25) is 0 Å². The Labute approximate surface area is 109 Å². The lowest BCUT2D eigenvalue weighted by Crippen LogP contribution is -2.63. The summed E-state index contributed by atoms with van der Waals surface area (Å²) in [7, 11) is 0. The monoisotopic (exact) mass is 252 g/mol. The smallest absolute Gasteiger partial charge is 0.315 e. The Bertz CT molecular complexity index is 295. The first kappa shape index (κ1) is 12.2. The molecule has 1 saturated carbocycles. The van der Waals surface area contributed by atoms with Crippen LogP contribution in [0.15, 0.2) is 0 Å². The molecule has 1 atom stereocenters. The van der Waals surface area contributed by atoms with Gasteiger partial charge in [-0.3, -0.25) is 9.80 Å². The zero-order chi connectivity index (χ0) is 12.4. The van der Waals surface area contributed by atoms with Crippen molar-refractivity contribution in [2.75, 3.05) is 39.3 Å². The maximum atomic E-state index is 11.8. The Hall–Kier alpha value is -0.810. The minimum atomic E-state index is 0.0274. The largest absolute Gasteiger partial charge is 0.337 e. The molecule has 5 heteroatoms. The number of nitrogens with one attached hydrogen (secondary N) is 2. The minimum Gasteiger partial charge on any atom is -0.337 e. The normalized spacial score (nSPS) is 35.7. The van der Waals surface area contributed by atoms with Crippen molar-refractivity contribution >= 4 is 6.03 Å². The third kappa shape index (κ3) is 2.78. The quantitative estimate of drug-likeness (QED) is 0.756. The molecule has 2 amide bonds. The van der Waals surface area contributed by atoms with Gasteiger partial charge in [0.25, 0.3) is 0 Å². The van der Waals surface area contributed by atoms with E-state index in [0.29, 0.717) is 12.1 Å². The van der Waals surface area contributed by atoms with Crippen molar-refractivity contribution in [1.29, 1.82) is 0 Å². The lowest BCUT2D eigenvalue weighted by atomic mass is 10.1. The highest BCUT2D eigenvalue weighted by atomic mass is 16.2. The number of hydrogen-bond acceptors (Lipinski definition) is 3. The van der Waals surface area contributed by atoms with Crippen molar-refractivity contribution in [2.24, 2.45) is 0 Å². The van der Waals surface area contributed by atoms with Gasteiger partial charge < -0.3 is 10.6 Å². The standard InChI is InChI=1S/C13H24N4O/c18-13(15-11-3-1-2-4-11)14-9-12-10-16-5-7-17(12)8-6-16/h11-12H,1-10H2,(H2,14,15,18). The first-order chi connectivity index (χ1) is 8.81. The van der Waals surface area contributed by atoms with Gasteiger partial charge in [-0.05, 0) is 12.8 Å². The summed E-state index contributed by atoms with van der Waals surface area (Å²) >= 11 is 0. The number of carbonyl (C=O) groups is 1. The summed E-state index contributed by atoms with van der Waals surface area (Å²) in [4.78, 5) is 16.8. The molecule has 5 nitrogen and oxygen atoms in total. The van der Waals surface area contributed by atoms with Gasteiger partial charge in [-0.15, -0.1) is 0 Å². The molecule has 18 heavy (non-hydrogen) atoms. The van der Waals surface area contributed by atoms with E-state index in [0.717, 1.165) is 39.0 Å². The summed E-state index contributed by atoms with van der Waals surface area (Å²) in [6.45, 7) is 6.63. The zero-order valence-electron chi connectivity index (χ0n) is 11.0. The molecule has 2 N–H and O–H groups in total. The van der Waals surface area contributed by atoms with E-state index >= 15 is 0 Å². The van der Waals surface area contributed by atoms with E-state index < -0.39 is 0 Å². The third-order valence-corrected chi connectivity index (χ3v) is 4.58. The van der Waals surface area contributed by atoms with E-state index in [9.17, 15) is 4.79 Å². The minimum absolute atomic E-state index is 0.0274. The van der Waals surface area contributed by atoms with Crippen molar-refractivity contribution in [3.63, 3.8) is 0 Å². The molecule has 0 radical (unpaired) electrons. The third-order valence-electron chi connectivity index (χ3n) is 4.58. The van der Waals surface area contributed by atoms with Gasteiger partial charge in [0.1, 0.15) is 0 Å². The van der Waals surface area contributed by atoms with Crippen LogP contribution in [0, 0.1) is 0 Å². The second kappa shape index (κ2) is 5.45. The van der Waals surface area contributed by atoms with Crippen molar-refractivity contribution in [3.8, 4) is 0 Å². The molecule has 0 aromatic rings. The van der Waals surface area contributed by atoms with E-state index in [2.05, 4.69) is 20.4 Å². The van der Waals surface area contributed by atoms with E-state index in [4.69, 9.17) is 0 Å². The summed E-state index contributed by atoms with van der Waals surface area (Å²) in [5, 5.41) is 6.13. The SMILES string of the molecule is O=C(NCC1CN2CCN1CC2)NC1CCCC1. The number of urea groups is 1. The molecule has 3 aliphatic heterocycles. The molecule has 1 unspecified atom stereocenters. The number of carbonyl (C=O) groups excluding carboxylic acids is 1. The van der Waals surface area contributed by atoms with Crippen molar-refractivity contribution in [3.05, 3.63) is 0 Å². The van der Waals surface area contributed by atoms with Crippen LogP contribution in [0.2, 0.25) is 0 Å². The predicted molar refractivity (Wildman–Crippen MR) is 70.6 cm³/mol. The Morgan fingerprint density at radius 3 is 2.44 bits per heavy atom. The molecule has 3 saturated heterocycles. The highest BCUT2D eigenvalue weighted by Crippen LogP contribution is 2.17. The van der Waals surface area contributed by atoms with Gasteiger partial charge in [0, 0.05) is 51.4 Å². The Morgan fingerprint density at radius 2 is 1.83 bits per heavy atom. The van der Waals surface area contributed by atoms with Crippen LogP contribution in [-0.2, 0) is 0 Å². The van der Waals surface area contributed by atoms with Gasteiger partial charge in [-0.25, -0.2) is 4.79 Å². The van der Waals surface area contributed by atoms with E-state index in [1.54, 1.807) is 0 Å². The molecule has 0 aromatic carbocycles. The predicted octanol–water partition coefficient (Wildman–Crippen LogP) is 0.228. The number of amides is 2. The van der Waals surface area contributed by atoms with Gasteiger partial charge in [-0.1, -0.05) is 12.8 Å². The van der Waals surface area contributed by atoms with E-state index in [1.165, 1.54) is 25.9 Å². The van der Waals surface area contributed by atoms with Gasteiger partial charge in [0.15, 0.2) is 0 Å². The average molecular weight is 252 g/mol. The summed E-state index contributed by atoms with van der Waals surface area (Å²) < 4.78 is 0. The fraction of sp³-hybridized carbons (Fsp3) is 0.923. The molecule has 4 fully saturated rings. The second-order valence-electron chi connectivity index (χ2n) is 5.83. The fourth-order valence-corrected chi connectivity index (χ4v) is 3.44. The second-order valence-corrected chi connectivity index (χ2v) is 5.83. The zero-order valence-corrected chi connectivity index (χ0v) is 11.0. The molecule has 0 spiro atoms. The van der Waals surface area contributed by atoms with Gasteiger partial charge in [0.05, 0.1) is 0 Å². The van der Waals surface area contributed by atoms with E-state index in [1.807, 2.05) is 0 Å². The number of piperazine rings is 3. The fourth-order valence-electron chi connectivity index (χ4n) is 3.44. The molecule has 4 rings (SSSR count). The van der Waals surface area contributed by atoms with Crippen LogP contribution in [0.5, 0.6) is 0 Å². The summed E-state index contributed by atoms with van der Waals surface area (Å²) in [5.74, 6) is 0. The maximum Gasteiger partial charge on any atom is 0.315 e. The van der Waals surface area contributed by atoms with Gasteiger partial charge in [-0.2, -0.15) is 0 Å². The first-order valence-electron chi connectivity index (χ1n) is 7.32. The summed E-state index contributed by atoms with van der Waals surface area (Å²) in [6, 6.07) is 0.957. The average Bonchev–Trinajstić information content (AvgIpc) is 2.91. The van der Waals surface area contributed by atoms with Crippen molar-refractivity contribution in [2.45, 2.75) is 37.8 Å². The van der Waals surface area contributed by atoms with E-state index in [-0.39, 0.29) is 6.03 Å². The highest BCUT2D eigenvalue weighted by molar-refractivity contribution is 5.74. The maximum absolute atomic E-state index is 11.8. The Kier molecular flexibility index (Phi) is 3.70. The summed E-state index contributed by atoms with van der Waals surface area (Å²) in [5.41, 5.74) is 0. The topological polar surface area (TPSA) is 47.6 Å². The van der Waals surface area contributed by atoms with Gasteiger partial charge >= 0.3 is 6.03 Å². The molecular weight excluding hydrogens is 228 g/mol. The molecule has 0 aromatic heterocycles. The number of hydrogen-bond donors (Lipinski definition) is 2. The number of fused-ring (bicyclic) bond motifs is 3. The lowest BCUT2D eigenvalue weighted by molar-refractivity contribution is 0.0148. The van der Waals surface area contributed by atoms with Crippen LogP contribution in [0.25, 0.3) is 0 Å². The van der Waals surface area contributed by atoms with Crippen LogP contribution in [0.1, 0.15) is 25.7 Å². The van der Waals surface area contributed by atoms with Crippen LogP contribution < -0.4 is 10.6 Å². The number of nitrogens with zero attached hydrogens (tertiary/aromatic N) is 2.